The Morgan fingerprint density at radius 3 is 2.80 bits per heavy atom. The third kappa shape index (κ3) is 2.79. The molecule has 1 aromatic heterocycles. The summed E-state index contributed by atoms with van der Waals surface area (Å²) in [7, 11) is 0. The maximum Gasteiger partial charge on any atom is 0.227 e. The first-order valence-electron chi connectivity index (χ1n) is 6.21. The molecule has 6 heteroatoms. The van der Waals surface area contributed by atoms with Crippen molar-refractivity contribution < 1.29 is 9.13 Å². The van der Waals surface area contributed by atoms with Crippen molar-refractivity contribution in [2.45, 2.75) is 25.7 Å². The van der Waals surface area contributed by atoms with Gasteiger partial charge in [-0.15, -0.1) is 0 Å². The first-order chi connectivity index (χ1) is 9.54. The van der Waals surface area contributed by atoms with Crippen LogP contribution in [0.25, 0.3) is 0 Å². The minimum atomic E-state index is -0.372. The number of halogens is 3. The van der Waals surface area contributed by atoms with Crippen molar-refractivity contribution in [2.24, 2.45) is 0 Å². The molecule has 1 saturated carbocycles. The molecule has 0 aliphatic heterocycles. The molecular formula is C14H11BrClFN2O. The van der Waals surface area contributed by atoms with E-state index in [4.69, 9.17) is 16.3 Å². The Morgan fingerprint density at radius 2 is 2.10 bits per heavy atom. The molecule has 0 bridgehead atoms. The van der Waals surface area contributed by atoms with Crippen LogP contribution in [0.1, 0.15) is 30.1 Å². The molecule has 1 fully saturated rings. The van der Waals surface area contributed by atoms with Crippen LogP contribution < -0.4 is 4.74 Å². The fourth-order valence-electron chi connectivity index (χ4n) is 1.77. The number of aromatic nitrogens is 2. The van der Waals surface area contributed by atoms with E-state index >= 15 is 0 Å². The van der Waals surface area contributed by atoms with E-state index in [1.54, 1.807) is 13.0 Å². The lowest BCUT2D eigenvalue weighted by Crippen LogP contribution is -2.00. The van der Waals surface area contributed by atoms with Crippen LogP contribution in [0.5, 0.6) is 11.6 Å². The summed E-state index contributed by atoms with van der Waals surface area (Å²) in [5.74, 6) is 1.43. The van der Waals surface area contributed by atoms with Crippen LogP contribution in [-0.2, 0) is 0 Å². The highest BCUT2D eigenvalue weighted by molar-refractivity contribution is 9.10. The van der Waals surface area contributed by atoms with Crippen molar-refractivity contribution in [1.29, 1.82) is 0 Å². The monoisotopic (exact) mass is 356 g/mol. The average molecular weight is 358 g/mol. The van der Waals surface area contributed by atoms with Crippen molar-refractivity contribution in [3.63, 3.8) is 0 Å². The summed E-state index contributed by atoms with van der Waals surface area (Å²) in [6.07, 6.45) is 2.14. The van der Waals surface area contributed by atoms with Crippen LogP contribution in [0.15, 0.2) is 22.7 Å². The summed E-state index contributed by atoms with van der Waals surface area (Å²) in [6.45, 7) is 1.78. The lowest BCUT2D eigenvalue weighted by Gasteiger charge is -2.11. The molecule has 0 N–H and O–H groups in total. The number of nitrogens with zero attached hydrogens (tertiary/aromatic N) is 2. The van der Waals surface area contributed by atoms with Crippen LogP contribution in [0.4, 0.5) is 4.39 Å². The molecule has 20 heavy (non-hydrogen) atoms. The number of benzene rings is 1. The van der Waals surface area contributed by atoms with Gasteiger partial charge in [0.25, 0.3) is 0 Å². The van der Waals surface area contributed by atoms with Gasteiger partial charge in [-0.1, -0.05) is 11.6 Å². The molecule has 0 saturated heterocycles. The molecule has 1 heterocycles. The zero-order valence-electron chi connectivity index (χ0n) is 10.7. The summed E-state index contributed by atoms with van der Waals surface area (Å²) in [6, 6.07) is 4.24. The Kier molecular flexibility index (Phi) is 3.65. The minimum Gasteiger partial charge on any atom is -0.437 e. The summed E-state index contributed by atoms with van der Waals surface area (Å²) in [5, 5.41) is 0.379. The zero-order chi connectivity index (χ0) is 14.3. The van der Waals surface area contributed by atoms with E-state index in [-0.39, 0.29) is 5.82 Å². The van der Waals surface area contributed by atoms with Gasteiger partial charge in [0.15, 0.2) is 0 Å². The van der Waals surface area contributed by atoms with Gasteiger partial charge in [0.1, 0.15) is 22.5 Å². The van der Waals surface area contributed by atoms with E-state index in [1.165, 1.54) is 12.1 Å². The number of rotatable bonds is 3. The Bertz CT molecular complexity index is 676. The molecule has 3 rings (SSSR count). The normalized spacial score (nSPS) is 14.4. The van der Waals surface area contributed by atoms with E-state index in [1.807, 2.05) is 0 Å². The first kappa shape index (κ1) is 13.8. The second kappa shape index (κ2) is 5.30. The van der Waals surface area contributed by atoms with Gasteiger partial charge in [-0.3, -0.25) is 0 Å². The molecule has 3 nitrogen and oxygen atoms in total. The molecule has 1 aromatic carbocycles. The van der Waals surface area contributed by atoms with E-state index in [0.29, 0.717) is 38.6 Å². The van der Waals surface area contributed by atoms with E-state index < -0.39 is 0 Å². The number of hydrogen-bond acceptors (Lipinski definition) is 3. The average Bonchev–Trinajstić information content (AvgIpc) is 3.23. The quantitative estimate of drug-likeness (QED) is 0.724. The molecule has 1 aliphatic carbocycles. The Balaban J connectivity index is 1.99. The number of ether oxygens (including phenoxy) is 1. The molecule has 2 aromatic rings. The standard InChI is InChI=1S/C14H11BrClFN2O/c1-7-12(16)18-13(8-2-3-8)19-14(7)20-11-6-9(17)4-5-10(11)15/h4-6,8H,2-3H2,1H3. The highest BCUT2D eigenvalue weighted by Gasteiger charge is 2.28. The molecule has 0 radical (unpaired) electrons. The summed E-state index contributed by atoms with van der Waals surface area (Å²) < 4.78 is 19.6. The van der Waals surface area contributed by atoms with Gasteiger partial charge in [0, 0.05) is 17.5 Å². The Hall–Kier alpha value is -1.20. The SMILES string of the molecule is Cc1c(Cl)nc(C2CC2)nc1Oc1cc(F)ccc1Br. The molecular weight excluding hydrogens is 347 g/mol. The van der Waals surface area contributed by atoms with E-state index in [0.717, 1.165) is 12.8 Å². The van der Waals surface area contributed by atoms with Crippen LogP contribution in [0.2, 0.25) is 5.15 Å². The predicted octanol–water partition coefficient (Wildman–Crippen LogP) is 5.01. The Morgan fingerprint density at radius 1 is 1.35 bits per heavy atom. The highest BCUT2D eigenvalue weighted by Crippen LogP contribution is 2.40. The van der Waals surface area contributed by atoms with Gasteiger partial charge in [-0.2, -0.15) is 4.98 Å². The van der Waals surface area contributed by atoms with E-state index in [9.17, 15) is 4.39 Å². The smallest absolute Gasteiger partial charge is 0.227 e. The van der Waals surface area contributed by atoms with Crippen LogP contribution in [0, 0.1) is 12.7 Å². The van der Waals surface area contributed by atoms with Crippen LogP contribution in [-0.4, -0.2) is 9.97 Å². The first-order valence-corrected chi connectivity index (χ1v) is 7.38. The maximum atomic E-state index is 13.3. The molecule has 0 unspecified atom stereocenters. The van der Waals surface area contributed by atoms with Gasteiger partial charge in [0.2, 0.25) is 5.88 Å². The van der Waals surface area contributed by atoms with Crippen molar-refractivity contribution in [3.05, 3.63) is 45.0 Å². The highest BCUT2D eigenvalue weighted by atomic mass is 79.9. The topological polar surface area (TPSA) is 35.0 Å². The Labute approximate surface area is 129 Å². The molecule has 1 aliphatic rings. The molecule has 0 amide bonds. The van der Waals surface area contributed by atoms with Crippen molar-refractivity contribution in [3.8, 4) is 11.6 Å². The fraction of sp³-hybridized carbons (Fsp3) is 0.286. The predicted molar refractivity (Wildman–Crippen MR) is 77.9 cm³/mol. The third-order valence-electron chi connectivity index (χ3n) is 3.10. The van der Waals surface area contributed by atoms with Crippen molar-refractivity contribution in [1.82, 2.24) is 9.97 Å². The largest absolute Gasteiger partial charge is 0.437 e. The number of hydrogen-bond donors (Lipinski definition) is 0. The molecule has 0 spiro atoms. The van der Waals surface area contributed by atoms with Gasteiger partial charge in [0.05, 0.1) is 4.47 Å². The van der Waals surface area contributed by atoms with Crippen LogP contribution in [0.3, 0.4) is 0 Å². The lowest BCUT2D eigenvalue weighted by atomic mass is 10.3. The van der Waals surface area contributed by atoms with Crippen LogP contribution >= 0.6 is 27.5 Å². The van der Waals surface area contributed by atoms with Gasteiger partial charge >= 0.3 is 0 Å². The second-order valence-corrected chi connectivity index (χ2v) is 5.97. The molecule has 0 atom stereocenters. The second-order valence-electron chi connectivity index (χ2n) is 4.75. The van der Waals surface area contributed by atoms with Crippen molar-refractivity contribution in [2.75, 3.05) is 0 Å². The van der Waals surface area contributed by atoms with E-state index in [2.05, 4.69) is 25.9 Å². The summed E-state index contributed by atoms with van der Waals surface area (Å²) in [5.41, 5.74) is 0.646. The van der Waals surface area contributed by atoms with Gasteiger partial charge in [-0.05, 0) is 47.8 Å². The van der Waals surface area contributed by atoms with Gasteiger partial charge < -0.3 is 4.74 Å². The molecule has 104 valence electrons. The summed E-state index contributed by atoms with van der Waals surface area (Å²) >= 11 is 9.43. The maximum absolute atomic E-state index is 13.3. The zero-order valence-corrected chi connectivity index (χ0v) is 13.0. The summed E-state index contributed by atoms with van der Waals surface area (Å²) in [4.78, 5) is 8.67. The van der Waals surface area contributed by atoms with Gasteiger partial charge in [-0.25, -0.2) is 9.37 Å². The fourth-order valence-corrected chi connectivity index (χ4v) is 2.26. The minimum absolute atomic E-state index is 0.365. The lowest BCUT2D eigenvalue weighted by molar-refractivity contribution is 0.447. The third-order valence-corrected chi connectivity index (χ3v) is 4.12. The van der Waals surface area contributed by atoms with Crippen molar-refractivity contribution >= 4 is 27.5 Å².